The second-order valence-corrected chi connectivity index (χ2v) is 13.0. The first-order valence-corrected chi connectivity index (χ1v) is 12.7. The minimum Gasteiger partial charge on any atom is -0.407 e. The summed E-state index contributed by atoms with van der Waals surface area (Å²) in [7, 11) is -2.48. The molecule has 0 radical (unpaired) electrons. The normalized spacial score (nSPS) is 12.9. The monoisotopic (exact) mass is 424 g/mol. The third-order valence-corrected chi connectivity index (χ3v) is 10.6. The predicted molar refractivity (Wildman–Crippen MR) is 128 cm³/mol. The molecule has 0 aromatic heterocycles. The molecule has 0 saturated carbocycles. The lowest BCUT2D eigenvalue weighted by molar-refractivity contribution is 0.191. The number of benzene rings is 2. The SMILES string of the molecule is CC(=C=CCO)[C@H](O)CCCCO[Si](c1ccccc1)(c1ccccc1)C(C)(C)C. The standard InChI is InChI=1S/C26H36O3Si/c1-22(14-13-20-27)25(28)19-11-12-21-29-30(26(2,3)4,23-15-7-5-8-16-23)24-17-9-6-10-18-24/h5-10,13,15-18,25,27-28H,11-12,19-21H2,1-4H3/t14?,25-/m1/s1. The number of hydrogen-bond acceptors (Lipinski definition) is 3. The van der Waals surface area contributed by atoms with Crippen molar-refractivity contribution in [3.8, 4) is 0 Å². The van der Waals surface area contributed by atoms with Crippen molar-refractivity contribution in [3.05, 3.63) is 78.0 Å². The summed E-state index contributed by atoms with van der Waals surface area (Å²) in [6.07, 6.45) is 3.43. The summed E-state index contributed by atoms with van der Waals surface area (Å²) < 4.78 is 6.87. The van der Waals surface area contributed by atoms with E-state index in [2.05, 4.69) is 87.2 Å². The van der Waals surface area contributed by atoms with Gasteiger partial charge in [0.15, 0.2) is 0 Å². The highest BCUT2D eigenvalue weighted by atomic mass is 28.4. The molecule has 1 atom stereocenters. The maximum absolute atomic E-state index is 10.3. The Kier molecular flexibility index (Phi) is 9.28. The average molecular weight is 425 g/mol. The van der Waals surface area contributed by atoms with Crippen LogP contribution in [0.1, 0.15) is 47.0 Å². The van der Waals surface area contributed by atoms with Crippen LogP contribution in [0.5, 0.6) is 0 Å². The van der Waals surface area contributed by atoms with Crippen LogP contribution in [0, 0.1) is 0 Å². The minimum atomic E-state index is -2.48. The van der Waals surface area contributed by atoms with Gasteiger partial charge in [-0.2, -0.15) is 0 Å². The fraction of sp³-hybridized carbons (Fsp3) is 0.423. The van der Waals surface area contributed by atoms with Crippen molar-refractivity contribution in [2.24, 2.45) is 0 Å². The molecule has 0 aliphatic heterocycles. The van der Waals surface area contributed by atoms with Gasteiger partial charge < -0.3 is 14.6 Å². The van der Waals surface area contributed by atoms with Crippen molar-refractivity contribution in [2.75, 3.05) is 13.2 Å². The third kappa shape index (κ3) is 6.04. The van der Waals surface area contributed by atoms with Gasteiger partial charge in [-0.3, -0.25) is 0 Å². The molecular formula is C26H36O3Si. The third-order valence-electron chi connectivity index (χ3n) is 5.53. The summed E-state index contributed by atoms with van der Waals surface area (Å²) in [5.41, 5.74) is 3.69. The summed E-state index contributed by atoms with van der Waals surface area (Å²) in [4.78, 5) is 0. The van der Waals surface area contributed by atoms with Crippen LogP contribution >= 0.6 is 0 Å². The molecule has 2 aromatic carbocycles. The van der Waals surface area contributed by atoms with E-state index in [1.165, 1.54) is 16.4 Å². The first-order valence-electron chi connectivity index (χ1n) is 10.8. The summed E-state index contributed by atoms with van der Waals surface area (Å²) in [6, 6.07) is 21.3. The lowest BCUT2D eigenvalue weighted by Crippen LogP contribution is -2.66. The van der Waals surface area contributed by atoms with E-state index in [1.54, 1.807) is 0 Å². The topological polar surface area (TPSA) is 49.7 Å². The highest BCUT2D eigenvalue weighted by molar-refractivity contribution is 6.99. The Balaban J connectivity index is 2.17. The Morgan fingerprint density at radius 3 is 2.00 bits per heavy atom. The molecule has 2 rings (SSSR count). The molecule has 2 aromatic rings. The first-order chi connectivity index (χ1) is 14.3. The second kappa shape index (κ2) is 11.4. The molecule has 0 heterocycles. The van der Waals surface area contributed by atoms with Crippen LogP contribution in [0.4, 0.5) is 0 Å². The molecule has 0 spiro atoms. The minimum absolute atomic E-state index is 0.0242. The molecule has 2 N–H and O–H groups in total. The van der Waals surface area contributed by atoms with Gasteiger partial charge in [0.2, 0.25) is 0 Å². The summed E-state index contributed by atoms with van der Waals surface area (Å²) in [6.45, 7) is 9.29. The number of rotatable bonds is 10. The average Bonchev–Trinajstić information content (AvgIpc) is 2.74. The van der Waals surface area contributed by atoms with E-state index in [0.717, 1.165) is 18.4 Å². The van der Waals surface area contributed by atoms with Gasteiger partial charge in [0.1, 0.15) is 0 Å². The highest BCUT2D eigenvalue weighted by Crippen LogP contribution is 2.36. The van der Waals surface area contributed by atoms with E-state index in [1.807, 2.05) is 6.92 Å². The molecule has 3 nitrogen and oxygen atoms in total. The van der Waals surface area contributed by atoms with Crippen molar-refractivity contribution < 1.29 is 14.6 Å². The van der Waals surface area contributed by atoms with Crippen LogP contribution in [0.3, 0.4) is 0 Å². The van der Waals surface area contributed by atoms with E-state index in [9.17, 15) is 5.11 Å². The molecule has 0 fully saturated rings. The van der Waals surface area contributed by atoms with E-state index in [-0.39, 0.29) is 11.6 Å². The largest absolute Gasteiger partial charge is 0.407 e. The molecule has 0 aliphatic rings. The fourth-order valence-corrected chi connectivity index (χ4v) is 8.55. The van der Waals surface area contributed by atoms with Crippen molar-refractivity contribution in [1.82, 2.24) is 0 Å². The number of hydrogen-bond donors (Lipinski definition) is 2. The van der Waals surface area contributed by atoms with Gasteiger partial charge in [0, 0.05) is 6.61 Å². The van der Waals surface area contributed by atoms with E-state index in [4.69, 9.17) is 9.53 Å². The number of unbranched alkanes of at least 4 members (excludes halogenated alkanes) is 1. The van der Waals surface area contributed by atoms with Gasteiger partial charge in [-0.25, -0.2) is 0 Å². The fourth-order valence-electron chi connectivity index (χ4n) is 3.95. The van der Waals surface area contributed by atoms with Gasteiger partial charge in [-0.05, 0) is 53.2 Å². The van der Waals surface area contributed by atoms with Crippen LogP contribution in [0.25, 0.3) is 0 Å². The molecule has 0 aliphatic carbocycles. The van der Waals surface area contributed by atoms with Gasteiger partial charge in [0.05, 0.1) is 12.7 Å². The zero-order valence-corrected chi connectivity index (χ0v) is 19.8. The predicted octanol–water partition coefficient (Wildman–Crippen LogP) is 4.19. The zero-order valence-electron chi connectivity index (χ0n) is 18.8. The first kappa shape index (κ1) is 24.3. The molecule has 0 bridgehead atoms. The highest BCUT2D eigenvalue weighted by Gasteiger charge is 2.49. The molecule has 162 valence electrons. The molecule has 0 unspecified atom stereocenters. The lowest BCUT2D eigenvalue weighted by Gasteiger charge is -2.43. The Hall–Kier alpha value is -1.94. The van der Waals surface area contributed by atoms with E-state index < -0.39 is 14.4 Å². The zero-order chi connectivity index (χ0) is 22.0. The van der Waals surface area contributed by atoms with Crippen molar-refractivity contribution in [3.63, 3.8) is 0 Å². The van der Waals surface area contributed by atoms with Crippen molar-refractivity contribution >= 4 is 18.7 Å². The van der Waals surface area contributed by atoms with E-state index >= 15 is 0 Å². The molecule has 4 heteroatoms. The van der Waals surface area contributed by atoms with Gasteiger partial charge in [-0.1, -0.05) is 81.4 Å². The molecule has 0 amide bonds. The van der Waals surface area contributed by atoms with Crippen LogP contribution < -0.4 is 10.4 Å². The lowest BCUT2D eigenvalue weighted by atomic mass is 10.1. The number of aliphatic hydroxyl groups is 2. The van der Waals surface area contributed by atoms with Crippen LogP contribution in [0.2, 0.25) is 5.04 Å². The molecular weight excluding hydrogens is 388 g/mol. The quantitative estimate of drug-likeness (QED) is 0.342. The molecule has 30 heavy (non-hydrogen) atoms. The number of aliphatic hydroxyl groups excluding tert-OH is 2. The maximum Gasteiger partial charge on any atom is 0.261 e. The Bertz CT molecular complexity index is 779. The van der Waals surface area contributed by atoms with Gasteiger partial charge in [0.25, 0.3) is 8.32 Å². The van der Waals surface area contributed by atoms with Crippen LogP contribution in [-0.2, 0) is 4.43 Å². The van der Waals surface area contributed by atoms with Gasteiger partial charge >= 0.3 is 0 Å². The summed E-state index contributed by atoms with van der Waals surface area (Å²) in [5, 5.41) is 21.7. The Labute approximate surface area is 182 Å². The molecule has 0 saturated heterocycles. The smallest absolute Gasteiger partial charge is 0.261 e. The van der Waals surface area contributed by atoms with Crippen LogP contribution in [0.15, 0.2) is 78.0 Å². The van der Waals surface area contributed by atoms with Crippen molar-refractivity contribution in [1.29, 1.82) is 0 Å². The van der Waals surface area contributed by atoms with Gasteiger partial charge in [-0.15, -0.1) is 5.73 Å². The summed E-state index contributed by atoms with van der Waals surface area (Å²) >= 11 is 0. The van der Waals surface area contributed by atoms with E-state index in [0.29, 0.717) is 13.0 Å². The van der Waals surface area contributed by atoms with Crippen LogP contribution in [-0.4, -0.2) is 37.8 Å². The summed E-state index contributed by atoms with van der Waals surface area (Å²) in [5.74, 6) is 0. The Morgan fingerprint density at radius 2 is 1.53 bits per heavy atom. The van der Waals surface area contributed by atoms with Crippen molar-refractivity contribution in [2.45, 2.75) is 58.1 Å². The second-order valence-electron chi connectivity index (χ2n) is 8.74. The Morgan fingerprint density at radius 1 is 1.00 bits per heavy atom. The maximum atomic E-state index is 10.3.